The van der Waals surface area contributed by atoms with Crippen molar-refractivity contribution < 1.29 is 4.79 Å². The van der Waals surface area contributed by atoms with E-state index in [1.807, 2.05) is 25.1 Å². The summed E-state index contributed by atoms with van der Waals surface area (Å²) < 4.78 is 0. The predicted molar refractivity (Wildman–Crippen MR) is 82.1 cm³/mol. The van der Waals surface area contributed by atoms with Gasteiger partial charge in [0.1, 0.15) is 0 Å². The van der Waals surface area contributed by atoms with E-state index in [1.54, 1.807) is 0 Å². The van der Waals surface area contributed by atoms with Crippen LogP contribution in [0.5, 0.6) is 0 Å². The zero-order valence-electron chi connectivity index (χ0n) is 12.2. The van der Waals surface area contributed by atoms with Crippen LogP contribution in [0.25, 0.3) is 0 Å². The van der Waals surface area contributed by atoms with Crippen molar-refractivity contribution in [3.8, 4) is 0 Å². The molecular formula is C17H19N3O. The number of carbonyl (C=O) groups is 1. The van der Waals surface area contributed by atoms with Gasteiger partial charge in [-0.2, -0.15) is 0 Å². The highest BCUT2D eigenvalue weighted by molar-refractivity contribution is 5.99. The quantitative estimate of drug-likeness (QED) is 0.939. The third kappa shape index (κ3) is 2.94. The molecule has 108 valence electrons. The first-order valence-corrected chi connectivity index (χ1v) is 7.33. The van der Waals surface area contributed by atoms with Crippen molar-refractivity contribution in [2.75, 3.05) is 5.73 Å². The Morgan fingerprint density at radius 1 is 1.19 bits per heavy atom. The molecule has 1 aliphatic carbocycles. The Hall–Kier alpha value is -2.23. The molecule has 3 rings (SSSR count). The second-order valence-electron chi connectivity index (χ2n) is 5.71. The van der Waals surface area contributed by atoms with Crippen LogP contribution >= 0.6 is 0 Å². The fraction of sp³-hybridized carbons (Fsp3) is 0.353. The third-order valence-electron chi connectivity index (χ3n) is 4.10. The molecule has 4 heteroatoms. The van der Waals surface area contributed by atoms with E-state index < -0.39 is 0 Å². The first-order valence-electron chi connectivity index (χ1n) is 7.33. The Balaban J connectivity index is 1.74. The van der Waals surface area contributed by atoms with Crippen molar-refractivity contribution in [3.05, 3.63) is 52.8 Å². The molecule has 21 heavy (non-hydrogen) atoms. The van der Waals surface area contributed by atoms with Crippen LogP contribution in [0.4, 0.5) is 5.95 Å². The molecule has 0 saturated heterocycles. The minimum atomic E-state index is 0.159. The molecule has 1 atom stereocenters. The Morgan fingerprint density at radius 3 is 2.71 bits per heavy atom. The third-order valence-corrected chi connectivity index (χ3v) is 4.10. The predicted octanol–water partition coefficient (Wildman–Crippen LogP) is 2.75. The number of nitrogens with zero attached hydrogens (tertiary/aromatic N) is 2. The van der Waals surface area contributed by atoms with Gasteiger partial charge in [-0.25, -0.2) is 9.97 Å². The second kappa shape index (κ2) is 5.64. The summed E-state index contributed by atoms with van der Waals surface area (Å²) in [6, 6.07) is 10.4. The first kappa shape index (κ1) is 13.7. The fourth-order valence-corrected chi connectivity index (χ4v) is 3.10. The molecule has 0 spiro atoms. The molecule has 1 aromatic heterocycles. The average Bonchev–Trinajstić information content (AvgIpc) is 2.45. The topological polar surface area (TPSA) is 68.9 Å². The molecule has 2 aromatic rings. The van der Waals surface area contributed by atoms with Gasteiger partial charge in [-0.3, -0.25) is 4.79 Å². The normalized spacial score (nSPS) is 17.6. The molecule has 1 unspecified atom stereocenters. The lowest BCUT2D eigenvalue weighted by Gasteiger charge is -2.23. The van der Waals surface area contributed by atoms with Crippen molar-refractivity contribution in [2.45, 2.75) is 32.6 Å². The lowest BCUT2D eigenvalue weighted by atomic mass is 9.82. The number of aryl methyl sites for hydroxylation is 2. The highest BCUT2D eigenvalue weighted by Gasteiger charge is 2.28. The molecule has 0 radical (unpaired) electrons. The van der Waals surface area contributed by atoms with Gasteiger partial charge in [0, 0.05) is 6.42 Å². The SMILES string of the molecule is Cc1nc(N)nc2c1C(=O)CC(CCc1ccccc1)C2. The summed E-state index contributed by atoms with van der Waals surface area (Å²) in [7, 11) is 0. The van der Waals surface area contributed by atoms with Crippen LogP contribution in [0.2, 0.25) is 0 Å². The van der Waals surface area contributed by atoms with E-state index >= 15 is 0 Å². The highest BCUT2D eigenvalue weighted by Crippen LogP contribution is 2.29. The van der Waals surface area contributed by atoms with Crippen LogP contribution < -0.4 is 5.73 Å². The van der Waals surface area contributed by atoms with Gasteiger partial charge in [0.15, 0.2) is 5.78 Å². The van der Waals surface area contributed by atoms with Gasteiger partial charge in [0.2, 0.25) is 5.95 Å². The van der Waals surface area contributed by atoms with Crippen LogP contribution in [-0.2, 0) is 12.8 Å². The van der Waals surface area contributed by atoms with E-state index in [0.29, 0.717) is 23.6 Å². The molecule has 0 fully saturated rings. The van der Waals surface area contributed by atoms with Crippen LogP contribution in [0.15, 0.2) is 30.3 Å². The van der Waals surface area contributed by atoms with Crippen molar-refractivity contribution in [2.24, 2.45) is 5.92 Å². The maximum Gasteiger partial charge on any atom is 0.220 e. The standard InChI is InChI=1S/C17H19N3O/c1-11-16-14(20-17(18)19-11)9-13(10-15(16)21)8-7-12-5-3-2-4-6-12/h2-6,13H,7-10H2,1H3,(H2,18,19,20). The number of carbonyl (C=O) groups excluding carboxylic acids is 1. The minimum absolute atomic E-state index is 0.159. The molecule has 0 saturated carbocycles. The van der Waals surface area contributed by atoms with Crippen molar-refractivity contribution in [3.63, 3.8) is 0 Å². The zero-order valence-corrected chi connectivity index (χ0v) is 12.2. The van der Waals surface area contributed by atoms with E-state index in [0.717, 1.165) is 25.0 Å². The molecule has 1 heterocycles. The second-order valence-corrected chi connectivity index (χ2v) is 5.71. The Kier molecular flexibility index (Phi) is 3.69. The number of fused-ring (bicyclic) bond motifs is 1. The monoisotopic (exact) mass is 281 g/mol. The molecule has 4 nitrogen and oxygen atoms in total. The molecular weight excluding hydrogens is 262 g/mol. The zero-order chi connectivity index (χ0) is 14.8. The van der Waals surface area contributed by atoms with E-state index in [4.69, 9.17) is 5.73 Å². The molecule has 1 aromatic carbocycles. The maximum atomic E-state index is 12.3. The number of hydrogen-bond donors (Lipinski definition) is 1. The number of nitrogen functional groups attached to an aromatic ring is 1. The van der Waals surface area contributed by atoms with Crippen molar-refractivity contribution in [1.29, 1.82) is 0 Å². The van der Waals surface area contributed by atoms with E-state index in [9.17, 15) is 4.79 Å². The van der Waals surface area contributed by atoms with Crippen molar-refractivity contribution in [1.82, 2.24) is 9.97 Å². The average molecular weight is 281 g/mol. The fourth-order valence-electron chi connectivity index (χ4n) is 3.10. The molecule has 0 amide bonds. The summed E-state index contributed by atoms with van der Waals surface area (Å²) >= 11 is 0. The minimum Gasteiger partial charge on any atom is -0.368 e. The number of anilines is 1. The van der Waals surface area contributed by atoms with Crippen LogP contribution in [0.1, 0.15) is 40.2 Å². The van der Waals surface area contributed by atoms with Crippen LogP contribution in [0.3, 0.4) is 0 Å². The van der Waals surface area contributed by atoms with Gasteiger partial charge < -0.3 is 5.73 Å². The molecule has 0 aliphatic heterocycles. The van der Waals surface area contributed by atoms with Gasteiger partial charge in [-0.1, -0.05) is 30.3 Å². The summed E-state index contributed by atoms with van der Waals surface area (Å²) in [4.78, 5) is 20.7. The summed E-state index contributed by atoms with van der Waals surface area (Å²) in [6.45, 7) is 1.83. The van der Waals surface area contributed by atoms with Gasteiger partial charge in [0.05, 0.1) is 17.0 Å². The van der Waals surface area contributed by atoms with Crippen LogP contribution in [-0.4, -0.2) is 15.8 Å². The molecule has 1 aliphatic rings. The number of hydrogen-bond acceptors (Lipinski definition) is 4. The van der Waals surface area contributed by atoms with E-state index in [-0.39, 0.29) is 11.7 Å². The Labute approximate surface area is 124 Å². The summed E-state index contributed by atoms with van der Waals surface area (Å²) in [5, 5.41) is 0. The maximum absolute atomic E-state index is 12.3. The number of benzene rings is 1. The number of ketones is 1. The van der Waals surface area contributed by atoms with Gasteiger partial charge >= 0.3 is 0 Å². The lowest BCUT2D eigenvalue weighted by Crippen LogP contribution is -2.24. The number of nitrogens with two attached hydrogens (primary N) is 1. The van der Waals surface area contributed by atoms with Gasteiger partial charge in [-0.05, 0) is 37.7 Å². The smallest absolute Gasteiger partial charge is 0.220 e. The molecule has 2 N–H and O–H groups in total. The number of Topliss-reactive ketones (excluding diaryl/α,β-unsaturated/α-hetero) is 1. The van der Waals surface area contributed by atoms with Gasteiger partial charge in [0.25, 0.3) is 0 Å². The van der Waals surface area contributed by atoms with E-state index in [2.05, 4.69) is 22.1 Å². The lowest BCUT2D eigenvalue weighted by molar-refractivity contribution is 0.0943. The summed E-state index contributed by atoms with van der Waals surface area (Å²) in [6.07, 6.45) is 3.40. The largest absolute Gasteiger partial charge is 0.368 e. The number of aromatic nitrogens is 2. The summed E-state index contributed by atoms with van der Waals surface area (Å²) in [5.74, 6) is 0.772. The Bertz CT molecular complexity index is 667. The first-order chi connectivity index (χ1) is 10.1. The molecule has 0 bridgehead atoms. The summed E-state index contributed by atoms with van der Waals surface area (Å²) in [5.41, 5.74) is 9.25. The van der Waals surface area contributed by atoms with Crippen LogP contribution in [0, 0.1) is 12.8 Å². The van der Waals surface area contributed by atoms with Crippen molar-refractivity contribution >= 4 is 11.7 Å². The Morgan fingerprint density at radius 2 is 1.95 bits per heavy atom. The van der Waals surface area contributed by atoms with E-state index in [1.165, 1.54) is 5.56 Å². The highest BCUT2D eigenvalue weighted by atomic mass is 16.1. The van der Waals surface area contributed by atoms with Gasteiger partial charge in [-0.15, -0.1) is 0 Å². The number of rotatable bonds is 3.